The number of anilines is 1. The topological polar surface area (TPSA) is 54.9 Å². The summed E-state index contributed by atoms with van der Waals surface area (Å²) in [4.78, 5) is 20.3. The molecule has 0 bridgehead atoms. The number of benzene rings is 1. The first-order valence-corrected chi connectivity index (χ1v) is 10.3. The minimum Gasteiger partial charge on any atom is -0.490 e. The average molecular weight is 458 g/mol. The van der Waals surface area contributed by atoms with Crippen molar-refractivity contribution in [3.05, 3.63) is 46.6 Å². The van der Waals surface area contributed by atoms with Gasteiger partial charge in [0, 0.05) is 37.9 Å². The highest BCUT2D eigenvalue weighted by atomic mass is 35.5. The molecule has 168 valence electrons. The molecule has 0 spiro atoms. The molecule has 2 aromatic rings. The van der Waals surface area contributed by atoms with Gasteiger partial charge in [0.05, 0.1) is 23.8 Å². The monoisotopic (exact) mass is 457 g/mol. The van der Waals surface area contributed by atoms with E-state index in [2.05, 4.69) is 4.98 Å². The van der Waals surface area contributed by atoms with Crippen molar-refractivity contribution in [2.24, 2.45) is 0 Å². The second kappa shape index (κ2) is 9.64. The van der Waals surface area contributed by atoms with Crippen LogP contribution in [0.1, 0.15) is 29.8 Å². The Bertz CT molecular complexity index is 932. The molecule has 0 radical (unpaired) electrons. The lowest BCUT2D eigenvalue weighted by Crippen LogP contribution is -2.49. The third kappa shape index (κ3) is 5.33. The Morgan fingerprint density at radius 2 is 1.71 bits per heavy atom. The van der Waals surface area contributed by atoms with Crippen LogP contribution in [0.4, 0.5) is 19.0 Å². The summed E-state index contributed by atoms with van der Waals surface area (Å²) >= 11 is 6.04. The van der Waals surface area contributed by atoms with Gasteiger partial charge in [-0.25, -0.2) is 4.98 Å². The minimum absolute atomic E-state index is 0.0672. The second-order valence-corrected chi connectivity index (χ2v) is 7.24. The van der Waals surface area contributed by atoms with Crippen LogP contribution in [0.2, 0.25) is 5.02 Å². The van der Waals surface area contributed by atoms with Gasteiger partial charge in [-0.15, -0.1) is 0 Å². The number of carbonyl (C=O) groups excluding carboxylic acids is 1. The van der Waals surface area contributed by atoms with E-state index in [1.165, 1.54) is 0 Å². The molecule has 1 aliphatic heterocycles. The van der Waals surface area contributed by atoms with E-state index in [-0.39, 0.29) is 16.7 Å². The summed E-state index contributed by atoms with van der Waals surface area (Å²) in [7, 11) is 0. The number of hydrogen-bond acceptors (Lipinski definition) is 5. The molecule has 1 aromatic carbocycles. The molecule has 1 amide bonds. The summed E-state index contributed by atoms with van der Waals surface area (Å²) in [5.41, 5.74) is -0.415. The fourth-order valence-corrected chi connectivity index (χ4v) is 3.59. The van der Waals surface area contributed by atoms with E-state index in [0.717, 1.165) is 12.3 Å². The number of halogens is 4. The van der Waals surface area contributed by atoms with Gasteiger partial charge in [-0.3, -0.25) is 4.79 Å². The predicted octanol–water partition coefficient (Wildman–Crippen LogP) is 4.51. The van der Waals surface area contributed by atoms with Gasteiger partial charge in [0.25, 0.3) is 5.91 Å². The fourth-order valence-electron chi connectivity index (χ4n) is 3.31. The SMILES string of the molecule is CCOc1ccc(C(=O)N2CCN(c3ncc(C(F)(F)F)cc3Cl)CC2)cc1OCC. The highest BCUT2D eigenvalue weighted by Crippen LogP contribution is 2.34. The van der Waals surface area contributed by atoms with Crippen molar-refractivity contribution in [2.45, 2.75) is 20.0 Å². The van der Waals surface area contributed by atoms with Crippen LogP contribution in [0, 0.1) is 0 Å². The van der Waals surface area contributed by atoms with Crippen LogP contribution >= 0.6 is 11.6 Å². The number of amides is 1. The largest absolute Gasteiger partial charge is 0.490 e. The molecule has 1 aromatic heterocycles. The van der Waals surface area contributed by atoms with Crippen molar-refractivity contribution in [3.63, 3.8) is 0 Å². The molecule has 0 N–H and O–H groups in total. The number of alkyl halides is 3. The van der Waals surface area contributed by atoms with E-state index >= 15 is 0 Å². The van der Waals surface area contributed by atoms with Crippen LogP contribution in [0.3, 0.4) is 0 Å². The zero-order chi connectivity index (χ0) is 22.6. The van der Waals surface area contributed by atoms with Crippen molar-refractivity contribution in [3.8, 4) is 11.5 Å². The summed E-state index contributed by atoms with van der Waals surface area (Å²) in [5, 5.41) is -0.0672. The zero-order valence-electron chi connectivity index (χ0n) is 17.2. The standard InChI is InChI=1S/C21H23ClF3N3O3/c1-3-30-17-6-5-14(11-18(17)31-4-2)20(29)28-9-7-27(8-10-28)19-16(22)12-15(13-26-19)21(23,24)25/h5-6,11-13H,3-4,7-10H2,1-2H3. The lowest BCUT2D eigenvalue weighted by Gasteiger charge is -2.36. The number of nitrogens with zero attached hydrogens (tertiary/aromatic N) is 3. The molecule has 0 atom stereocenters. The maximum absolute atomic E-state index is 12.9. The average Bonchev–Trinajstić information content (AvgIpc) is 2.74. The molecule has 3 rings (SSSR count). The van der Waals surface area contributed by atoms with Gasteiger partial charge in [0.15, 0.2) is 11.5 Å². The molecular weight excluding hydrogens is 435 g/mol. The van der Waals surface area contributed by atoms with Crippen molar-refractivity contribution in [1.29, 1.82) is 0 Å². The summed E-state index contributed by atoms with van der Waals surface area (Å²) < 4.78 is 49.6. The Morgan fingerprint density at radius 1 is 1.06 bits per heavy atom. The number of pyridine rings is 1. The molecule has 31 heavy (non-hydrogen) atoms. The lowest BCUT2D eigenvalue weighted by atomic mass is 10.1. The van der Waals surface area contributed by atoms with Gasteiger partial charge in [-0.1, -0.05) is 11.6 Å². The Hall–Kier alpha value is -2.68. The van der Waals surface area contributed by atoms with Gasteiger partial charge >= 0.3 is 6.18 Å². The van der Waals surface area contributed by atoms with Crippen LogP contribution in [-0.2, 0) is 6.18 Å². The van der Waals surface area contributed by atoms with Crippen molar-refractivity contribution < 1.29 is 27.4 Å². The molecule has 1 aliphatic rings. The van der Waals surface area contributed by atoms with E-state index in [1.54, 1.807) is 28.0 Å². The Balaban J connectivity index is 1.68. The van der Waals surface area contributed by atoms with Crippen LogP contribution in [0.25, 0.3) is 0 Å². The predicted molar refractivity (Wildman–Crippen MR) is 111 cm³/mol. The minimum atomic E-state index is -4.50. The first-order chi connectivity index (χ1) is 14.7. The first-order valence-electron chi connectivity index (χ1n) is 9.91. The molecule has 1 fully saturated rings. The van der Waals surface area contributed by atoms with Crippen LogP contribution in [0.15, 0.2) is 30.5 Å². The van der Waals surface area contributed by atoms with Crippen LogP contribution in [-0.4, -0.2) is 55.2 Å². The normalized spacial score (nSPS) is 14.5. The van der Waals surface area contributed by atoms with Gasteiger partial charge < -0.3 is 19.3 Å². The van der Waals surface area contributed by atoms with E-state index < -0.39 is 11.7 Å². The molecular formula is C21H23ClF3N3O3. The van der Waals surface area contributed by atoms with Crippen molar-refractivity contribution in [2.75, 3.05) is 44.3 Å². The first kappa shape index (κ1) is 23.0. The summed E-state index contributed by atoms with van der Waals surface area (Å²) in [6.45, 7) is 6.21. The van der Waals surface area contributed by atoms with Gasteiger partial charge in [0.1, 0.15) is 5.82 Å². The fraction of sp³-hybridized carbons (Fsp3) is 0.429. The number of ether oxygens (including phenoxy) is 2. The van der Waals surface area contributed by atoms with E-state index in [9.17, 15) is 18.0 Å². The highest BCUT2D eigenvalue weighted by molar-refractivity contribution is 6.33. The zero-order valence-corrected chi connectivity index (χ0v) is 18.0. The molecule has 6 nitrogen and oxygen atoms in total. The van der Waals surface area contributed by atoms with Crippen molar-refractivity contribution in [1.82, 2.24) is 9.88 Å². The molecule has 2 heterocycles. The van der Waals surface area contributed by atoms with E-state index in [0.29, 0.717) is 56.5 Å². The lowest BCUT2D eigenvalue weighted by molar-refractivity contribution is -0.137. The number of rotatable bonds is 6. The molecule has 1 saturated heterocycles. The summed E-state index contributed by atoms with van der Waals surface area (Å²) in [6, 6.07) is 5.94. The van der Waals surface area contributed by atoms with Crippen LogP contribution in [0.5, 0.6) is 11.5 Å². The molecule has 0 aliphatic carbocycles. The van der Waals surface area contributed by atoms with E-state index in [1.807, 2.05) is 13.8 Å². The third-order valence-electron chi connectivity index (χ3n) is 4.81. The van der Waals surface area contributed by atoms with E-state index in [4.69, 9.17) is 21.1 Å². The van der Waals surface area contributed by atoms with Crippen LogP contribution < -0.4 is 14.4 Å². The third-order valence-corrected chi connectivity index (χ3v) is 5.08. The number of hydrogen-bond donors (Lipinski definition) is 0. The highest BCUT2D eigenvalue weighted by Gasteiger charge is 2.32. The second-order valence-electron chi connectivity index (χ2n) is 6.83. The Kier molecular flexibility index (Phi) is 7.15. The number of carbonyl (C=O) groups is 1. The maximum atomic E-state index is 12.9. The number of aromatic nitrogens is 1. The Labute approximate surface area is 183 Å². The van der Waals surface area contributed by atoms with Gasteiger partial charge in [-0.05, 0) is 38.1 Å². The quantitative estimate of drug-likeness (QED) is 0.638. The maximum Gasteiger partial charge on any atom is 0.417 e. The van der Waals surface area contributed by atoms with Gasteiger partial charge in [0.2, 0.25) is 0 Å². The molecule has 0 saturated carbocycles. The molecule has 10 heteroatoms. The van der Waals surface area contributed by atoms with Crippen molar-refractivity contribution >= 4 is 23.3 Å². The summed E-state index contributed by atoms with van der Waals surface area (Å²) in [5.74, 6) is 1.21. The molecule has 0 unspecified atom stereocenters. The Morgan fingerprint density at radius 3 is 2.29 bits per heavy atom. The smallest absolute Gasteiger partial charge is 0.417 e. The van der Waals surface area contributed by atoms with Gasteiger partial charge in [-0.2, -0.15) is 13.2 Å². The summed E-state index contributed by atoms with van der Waals surface area (Å²) in [6.07, 6.45) is -3.73. The number of piperazine rings is 1.